The van der Waals surface area contributed by atoms with Crippen molar-refractivity contribution in [3.63, 3.8) is 0 Å². The third-order valence-electron chi connectivity index (χ3n) is 2.35. The molecule has 3 N–H and O–H groups in total. The van der Waals surface area contributed by atoms with E-state index in [-0.39, 0.29) is 11.3 Å². The van der Waals surface area contributed by atoms with Crippen LogP contribution in [0.1, 0.15) is 12.0 Å². The smallest absolute Gasteiger partial charge is 0.326 e. The Hall–Kier alpha value is -2.75. The second-order valence-corrected chi connectivity index (χ2v) is 3.66. The summed E-state index contributed by atoms with van der Waals surface area (Å²) in [6.45, 7) is 0. The van der Waals surface area contributed by atoms with E-state index >= 15 is 0 Å². The van der Waals surface area contributed by atoms with Gasteiger partial charge in [-0.1, -0.05) is 0 Å². The van der Waals surface area contributed by atoms with Gasteiger partial charge in [0, 0.05) is 6.07 Å². The van der Waals surface area contributed by atoms with Crippen molar-refractivity contribution < 1.29 is 24.5 Å². The number of carboxylic acids is 2. The number of hydrogen-bond donors (Lipinski definition) is 3. The van der Waals surface area contributed by atoms with Crippen LogP contribution in [0, 0.1) is 11.3 Å². The van der Waals surface area contributed by atoms with Crippen molar-refractivity contribution in [2.75, 3.05) is 12.4 Å². The number of rotatable bonds is 6. The van der Waals surface area contributed by atoms with Crippen LogP contribution < -0.4 is 10.1 Å². The van der Waals surface area contributed by atoms with Gasteiger partial charge in [0.15, 0.2) is 0 Å². The lowest BCUT2D eigenvalue weighted by molar-refractivity contribution is -0.144. The van der Waals surface area contributed by atoms with Crippen LogP contribution in [0.2, 0.25) is 0 Å². The van der Waals surface area contributed by atoms with E-state index < -0.39 is 24.4 Å². The maximum atomic E-state index is 11.0. The van der Waals surface area contributed by atoms with E-state index in [0.717, 1.165) is 0 Å². The zero-order chi connectivity index (χ0) is 14.4. The van der Waals surface area contributed by atoms with Crippen molar-refractivity contribution >= 4 is 17.6 Å². The monoisotopic (exact) mass is 264 g/mol. The van der Waals surface area contributed by atoms with Gasteiger partial charge in [-0.05, 0) is 12.1 Å². The second-order valence-electron chi connectivity index (χ2n) is 3.66. The van der Waals surface area contributed by atoms with Crippen molar-refractivity contribution in [3.05, 3.63) is 23.8 Å². The van der Waals surface area contributed by atoms with Crippen LogP contribution in [0.15, 0.2) is 18.2 Å². The summed E-state index contributed by atoms with van der Waals surface area (Å²) in [4.78, 5) is 21.5. The number of ether oxygens (including phenoxy) is 1. The number of carbonyl (C=O) groups is 2. The number of hydrogen-bond acceptors (Lipinski definition) is 5. The van der Waals surface area contributed by atoms with Crippen LogP contribution in [0.5, 0.6) is 5.75 Å². The lowest BCUT2D eigenvalue weighted by atomic mass is 10.1. The van der Waals surface area contributed by atoms with Crippen LogP contribution in [-0.2, 0) is 9.59 Å². The highest BCUT2D eigenvalue weighted by Gasteiger charge is 2.22. The largest absolute Gasteiger partial charge is 0.497 e. The molecule has 0 bridgehead atoms. The average molecular weight is 264 g/mol. The van der Waals surface area contributed by atoms with E-state index in [2.05, 4.69) is 5.32 Å². The molecule has 0 aliphatic rings. The number of nitrogens with zero attached hydrogens (tertiary/aromatic N) is 1. The van der Waals surface area contributed by atoms with E-state index in [0.29, 0.717) is 5.75 Å². The van der Waals surface area contributed by atoms with Gasteiger partial charge in [-0.15, -0.1) is 0 Å². The van der Waals surface area contributed by atoms with Crippen LogP contribution in [0.4, 0.5) is 5.69 Å². The van der Waals surface area contributed by atoms with E-state index in [1.807, 2.05) is 6.07 Å². The standard InChI is InChI=1S/C12H12N2O5/c1-19-8-3-2-7(6-13)9(4-8)14-10(12(17)18)5-11(15)16/h2-4,10,14H,5H2,1H3,(H,15,16)(H,17,18). The number of methoxy groups -OCH3 is 1. The van der Waals surface area contributed by atoms with Crippen LogP contribution >= 0.6 is 0 Å². The Morgan fingerprint density at radius 3 is 2.63 bits per heavy atom. The normalized spacial score (nSPS) is 11.2. The molecule has 1 rings (SSSR count). The predicted octanol–water partition coefficient (Wildman–Crippen LogP) is 0.907. The third-order valence-corrected chi connectivity index (χ3v) is 2.35. The van der Waals surface area contributed by atoms with Gasteiger partial charge < -0.3 is 20.3 Å². The predicted molar refractivity (Wildman–Crippen MR) is 65.0 cm³/mol. The molecule has 7 nitrogen and oxygen atoms in total. The van der Waals surface area contributed by atoms with Crippen molar-refractivity contribution in [1.82, 2.24) is 0 Å². The molecule has 0 aliphatic heterocycles. The molecule has 0 saturated heterocycles. The average Bonchev–Trinajstić information content (AvgIpc) is 2.37. The van der Waals surface area contributed by atoms with Gasteiger partial charge in [-0.2, -0.15) is 5.26 Å². The first-order valence-corrected chi connectivity index (χ1v) is 5.27. The van der Waals surface area contributed by atoms with Crippen molar-refractivity contribution in [2.45, 2.75) is 12.5 Å². The Kier molecular flexibility index (Phi) is 4.71. The summed E-state index contributed by atoms with van der Waals surface area (Å²) >= 11 is 0. The molecule has 0 radical (unpaired) electrons. The van der Waals surface area contributed by atoms with Gasteiger partial charge >= 0.3 is 11.9 Å². The molecule has 0 spiro atoms. The van der Waals surface area contributed by atoms with Crippen molar-refractivity contribution in [3.8, 4) is 11.8 Å². The van der Waals surface area contributed by atoms with E-state index in [1.54, 1.807) is 6.07 Å². The molecule has 0 fully saturated rings. The highest BCUT2D eigenvalue weighted by Crippen LogP contribution is 2.23. The van der Waals surface area contributed by atoms with Gasteiger partial charge in [0.25, 0.3) is 0 Å². The summed E-state index contributed by atoms with van der Waals surface area (Å²) < 4.78 is 4.96. The number of benzene rings is 1. The van der Waals surface area contributed by atoms with Crippen molar-refractivity contribution in [1.29, 1.82) is 5.26 Å². The van der Waals surface area contributed by atoms with Crippen LogP contribution in [0.3, 0.4) is 0 Å². The van der Waals surface area contributed by atoms with Gasteiger partial charge in [0.05, 0.1) is 24.8 Å². The zero-order valence-electron chi connectivity index (χ0n) is 10.1. The van der Waals surface area contributed by atoms with Gasteiger partial charge in [-0.3, -0.25) is 4.79 Å². The maximum Gasteiger partial charge on any atom is 0.326 e. The second kappa shape index (κ2) is 6.26. The fraction of sp³-hybridized carbons (Fsp3) is 0.250. The number of aliphatic carboxylic acids is 2. The SMILES string of the molecule is COc1ccc(C#N)c(NC(CC(=O)O)C(=O)O)c1. The molecule has 7 heteroatoms. The molecular weight excluding hydrogens is 252 g/mol. The van der Waals surface area contributed by atoms with E-state index in [4.69, 9.17) is 20.2 Å². The first-order valence-electron chi connectivity index (χ1n) is 5.27. The quantitative estimate of drug-likeness (QED) is 0.698. The fourth-order valence-corrected chi connectivity index (χ4v) is 1.43. The lowest BCUT2D eigenvalue weighted by Gasteiger charge is -2.15. The summed E-state index contributed by atoms with van der Waals surface area (Å²) in [5.41, 5.74) is 0.424. The number of carboxylic acid groups (broad SMARTS) is 2. The number of anilines is 1. The molecule has 100 valence electrons. The summed E-state index contributed by atoms with van der Waals surface area (Å²) in [5, 5.41) is 29.0. The Morgan fingerprint density at radius 2 is 2.16 bits per heavy atom. The number of nitriles is 1. The molecule has 19 heavy (non-hydrogen) atoms. The highest BCUT2D eigenvalue weighted by molar-refractivity contribution is 5.84. The number of nitrogens with one attached hydrogen (secondary N) is 1. The van der Waals surface area contributed by atoms with Gasteiger partial charge in [0.1, 0.15) is 17.9 Å². The third kappa shape index (κ3) is 3.89. The van der Waals surface area contributed by atoms with Gasteiger partial charge in [-0.25, -0.2) is 4.79 Å². The van der Waals surface area contributed by atoms with Crippen LogP contribution in [-0.4, -0.2) is 35.3 Å². The topological polar surface area (TPSA) is 120 Å². The Morgan fingerprint density at radius 1 is 1.47 bits per heavy atom. The minimum Gasteiger partial charge on any atom is -0.497 e. The Balaban J connectivity index is 3.04. The minimum absolute atomic E-state index is 0.206. The Labute approximate surface area is 109 Å². The summed E-state index contributed by atoms with van der Waals surface area (Å²) in [7, 11) is 1.43. The molecule has 1 aromatic rings. The van der Waals surface area contributed by atoms with E-state index in [1.165, 1.54) is 19.2 Å². The summed E-state index contributed by atoms with van der Waals surface area (Å²) in [5.74, 6) is -2.13. The first kappa shape index (κ1) is 14.3. The zero-order valence-corrected chi connectivity index (χ0v) is 10.1. The molecule has 1 aromatic carbocycles. The van der Waals surface area contributed by atoms with Crippen LogP contribution in [0.25, 0.3) is 0 Å². The summed E-state index contributed by atoms with van der Waals surface area (Å²) in [6.07, 6.45) is -0.600. The first-order chi connectivity index (χ1) is 8.97. The lowest BCUT2D eigenvalue weighted by Crippen LogP contribution is -2.32. The van der Waals surface area contributed by atoms with Gasteiger partial charge in [0.2, 0.25) is 0 Å². The summed E-state index contributed by atoms with van der Waals surface area (Å²) in [6, 6.07) is 5.02. The molecule has 1 atom stereocenters. The molecule has 0 aromatic heterocycles. The molecule has 0 amide bonds. The van der Waals surface area contributed by atoms with Crippen molar-refractivity contribution in [2.24, 2.45) is 0 Å². The maximum absolute atomic E-state index is 11.0. The minimum atomic E-state index is -1.32. The fourth-order valence-electron chi connectivity index (χ4n) is 1.43. The molecule has 1 unspecified atom stereocenters. The molecule has 0 saturated carbocycles. The molecule has 0 heterocycles. The Bertz CT molecular complexity index is 535. The van der Waals surface area contributed by atoms with E-state index in [9.17, 15) is 9.59 Å². The molecule has 0 aliphatic carbocycles. The highest BCUT2D eigenvalue weighted by atomic mass is 16.5. The molecular formula is C12H12N2O5.